The number of rotatable bonds is 4. The number of nitrogen functional groups attached to an aromatic ring is 1. The van der Waals surface area contributed by atoms with Crippen molar-refractivity contribution in [3.05, 3.63) is 24.0 Å². The molecule has 4 nitrogen and oxygen atoms in total. The van der Waals surface area contributed by atoms with Crippen LogP contribution in [0.15, 0.2) is 18.5 Å². The van der Waals surface area contributed by atoms with Crippen LogP contribution in [0.25, 0.3) is 0 Å². The summed E-state index contributed by atoms with van der Waals surface area (Å²) in [6, 6.07) is 1.74. The summed E-state index contributed by atoms with van der Waals surface area (Å²) in [4.78, 5) is 4.07. The number of aromatic nitrogens is 1. The number of nitrogens with zero attached hydrogens (tertiary/aromatic N) is 1. The van der Waals surface area contributed by atoms with E-state index in [1.807, 2.05) is 0 Å². The summed E-state index contributed by atoms with van der Waals surface area (Å²) in [6.07, 6.45) is 9.52. The number of nitrogens with two attached hydrogens (primary N) is 1. The van der Waals surface area contributed by atoms with Gasteiger partial charge in [-0.05, 0) is 37.7 Å². The van der Waals surface area contributed by atoms with E-state index in [4.69, 9.17) is 15.9 Å². The molecule has 1 aromatic rings. The molecule has 98 valence electrons. The molecule has 3 N–H and O–H groups in total. The zero-order valence-corrected chi connectivity index (χ0v) is 10.9. The van der Waals surface area contributed by atoms with E-state index < -0.39 is 0 Å². The van der Waals surface area contributed by atoms with Crippen LogP contribution < -0.4 is 10.5 Å². The van der Waals surface area contributed by atoms with Gasteiger partial charge in [-0.15, -0.1) is 0 Å². The third-order valence-electron chi connectivity index (χ3n) is 3.72. The molecule has 1 aliphatic carbocycles. The highest BCUT2D eigenvalue weighted by molar-refractivity contribution is 5.97. The highest BCUT2D eigenvalue weighted by Crippen LogP contribution is 2.31. The van der Waals surface area contributed by atoms with Gasteiger partial charge in [0.05, 0.1) is 11.8 Å². The summed E-state index contributed by atoms with van der Waals surface area (Å²) in [5, 5.41) is 7.56. The highest BCUT2D eigenvalue weighted by atomic mass is 16.5. The average molecular weight is 247 g/mol. The molecule has 1 heterocycles. The Hall–Kier alpha value is -1.58. The Morgan fingerprint density at radius 2 is 2.28 bits per heavy atom. The average Bonchev–Trinajstić information content (AvgIpc) is 2.40. The van der Waals surface area contributed by atoms with Crippen LogP contribution >= 0.6 is 0 Å². The lowest BCUT2D eigenvalue weighted by molar-refractivity contribution is 0.0898. The van der Waals surface area contributed by atoms with Crippen molar-refractivity contribution < 1.29 is 4.74 Å². The Bertz CT molecular complexity index is 419. The maximum atomic E-state index is 7.56. The van der Waals surface area contributed by atoms with Gasteiger partial charge >= 0.3 is 0 Å². The van der Waals surface area contributed by atoms with E-state index in [-0.39, 0.29) is 11.9 Å². The largest absolute Gasteiger partial charge is 0.488 e. The van der Waals surface area contributed by atoms with Gasteiger partial charge in [-0.25, -0.2) is 0 Å². The molecule has 1 fully saturated rings. The summed E-state index contributed by atoms with van der Waals surface area (Å²) in [6.45, 7) is 2.21. The molecule has 2 unspecified atom stereocenters. The predicted molar refractivity (Wildman–Crippen MR) is 71.9 cm³/mol. The summed E-state index contributed by atoms with van der Waals surface area (Å²) in [5.74, 6) is 1.30. The molecule has 0 bridgehead atoms. The minimum Gasteiger partial charge on any atom is -0.488 e. The molecule has 0 amide bonds. The molecule has 1 aliphatic rings. The van der Waals surface area contributed by atoms with Crippen LogP contribution in [-0.2, 0) is 0 Å². The fourth-order valence-electron chi connectivity index (χ4n) is 2.66. The van der Waals surface area contributed by atoms with E-state index in [0.717, 1.165) is 12.8 Å². The zero-order valence-electron chi connectivity index (χ0n) is 10.9. The summed E-state index contributed by atoms with van der Waals surface area (Å²) < 4.78 is 6.07. The Balaban J connectivity index is 2.15. The molecule has 4 heteroatoms. The van der Waals surface area contributed by atoms with Crippen LogP contribution in [0.4, 0.5) is 0 Å². The minimum absolute atomic E-state index is 0.0382. The van der Waals surface area contributed by atoms with Gasteiger partial charge in [-0.2, -0.15) is 0 Å². The van der Waals surface area contributed by atoms with E-state index in [2.05, 4.69) is 11.9 Å². The maximum absolute atomic E-state index is 7.56. The second-order valence-electron chi connectivity index (χ2n) is 4.89. The molecule has 0 aromatic carbocycles. The first kappa shape index (κ1) is 12.9. The van der Waals surface area contributed by atoms with Gasteiger partial charge in [0.1, 0.15) is 17.7 Å². The standard InChI is InChI=1S/C14H21N3O/c1-2-10-5-3-4-6-12(10)18-13-9-17-8-7-11(13)14(15)16/h7-10,12H,2-6H2,1H3,(H3,15,16). The molecular weight excluding hydrogens is 226 g/mol. The number of pyridine rings is 1. The second-order valence-corrected chi connectivity index (χ2v) is 4.89. The molecule has 18 heavy (non-hydrogen) atoms. The zero-order chi connectivity index (χ0) is 13.0. The van der Waals surface area contributed by atoms with Crippen molar-refractivity contribution in [1.29, 1.82) is 5.41 Å². The Labute approximate surface area is 108 Å². The molecule has 0 saturated heterocycles. The molecule has 2 rings (SSSR count). The van der Waals surface area contributed by atoms with Crippen LogP contribution in [0.1, 0.15) is 44.6 Å². The van der Waals surface area contributed by atoms with Gasteiger partial charge in [-0.1, -0.05) is 13.3 Å². The summed E-state index contributed by atoms with van der Waals surface area (Å²) >= 11 is 0. The first-order chi connectivity index (χ1) is 8.72. The van der Waals surface area contributed by atoms with Crippen LogP contribution in [-0.4, -0.2) is 16.9 Å². The molecular formula is C14H21N3O. The minimum atomic E-state index is 0.0382. The van der Waals surface area contributed by atoms with Crippen molar-refractivity contribution in [1.82, 2.24) is 4.98 Å². The van der Waals surface area contributed by atoms with Gasteiger partial charge in [0.2, 0.25) is 0 Å². The third kappa shape index (κ3) is 2.81. The fourth-order valence-corrected chi connectivity index (χ4v) is 2.66. The Morgan fingerprint density at radius 1 is 1.50 bits per heavy atom. The van der Waals surface area contributed by atoms with Crippen LogP contribution in [0, 0.1) is 11.3 Å². The molecule has 1 aromatic heterocycles. The first-order valence-corrected chi connectivity index (χ1v) is 6.67. The number of nitrogens with one attached hydrogen (secondary N) is 1. The lowest BCUT2D eigenvalue weighted by Crippen LogP contribution is -2.30. The van der Waals surface area contributed by atoms with Crippen LogP contribution in [0.3, 0.4) is 0 Å². The number of amidine groups is 1. The van der Waals surface area contributed by atoms with E-state index in [1.165, 1.54) is 19.3 Å². The normalized spacial score (nSPS) is 23.6. The number of hydrogen-bond donors (Lipinski definition) is 2. The number of ether oxygens (including phenoxy) is 1. The first-order valence-electron chi connectivity index (χ1n) is 6.67. The van der Waals surface area contributed by atoms with Crippen molar-refractivity contribution in [2.75, 3.05) is 0 Å². The van der Waals surface area contributed by atoms with Gasteiger partial charge in [0.25, 0.3) is 0 Å². The SMILES string of the molecule is CCC1CCCCC1Oc1cnccc1C(=N)N. The maximum Gasteiger partial charge on any atom is 0.148 e. The quantitative estimate of drug-likeness (QED) is 0.634. The summed E-state index contributed by atoms with van der Waals surface area (Å²) in [7, 11) is 0. The van der Waals surface area contributed by atoms with Crippen LogP contribution in [0.5, 0.6) is 5.75 Å². The molecule has 0 aliphatic heterocycles. The lowest BCUT2D eigenvalue weighted by atomic mass is 9.85. The third-order valence-corrected chi connectivity index (χ3v) is 3.72. The molecule has 0 radical (unpaired) electrons. The molecule has 2 atom stereocenters. The Kier molecular flexibility index (Phi) is 4.18. The summed E-state index contributed by atoms with van der Waals surface area (Å²) in [5.41, 5.74) is 6.21. The van der Waals surface area contributed by atoms with Crippen LogP contribution in [0.2, 0.25) is 0 Å². The van der Waals surface area contributed by atoms with Gasteiger partial charge in [-0.3, -0.25) is 10.4 Å². The van der Waals surface area contributed by atoms with Gasteiger partial charge in [0.15, 0.2) is 0 Å². The topological polar surface area (TPSA) is 72.0 Å². The van der Waals surface area contributed by atoms with Gasteiger partial charge in [0, 0.05) is 6.20 Å². The van der Waals surface area contributed by atoms with Crippen molar-refractivity contribution in [2.24, 2.45) is 11.7 Å². The van der Waals surface area contributed by atoms with Crippen molar-refractivity contribution in [3.63, 3.8) is 0 Å². The monoisotopic (exact) mass is 247 g/mol. The van der Waals surface area contributed by atoms with E-state index in [9.17, 15) is 0 Å². The van der Waals surface area contributed by atoms with Crippen molar-refractivity contribution in [2.45, 2.75) is 45.1 Å². The molecule has 0 spiro atoms. The smallest absolute Gasteiger partial charge is 0.148 e. The highest BCUT2D eigenvalue weighted by Gasteiger charge is 2.26. The van der Waals surface area contributed by atoms with Crippen molar-refractivity contribution in [3.8, 4) is 5.75 Å². The molecule has 1 saturated carbocycles. The fraction of sp³-hybridized carbons (Fsp3) is 0.571. The Morgan fingerprint density at radius 3 is 3.00 bits per heavy atom. The van der Waals surface area contributed by atoms with E-state index in [0.29, 0.717) is 17.2 Å². The van der Waals surface area contributed by atoms with Crippen molar-refractivity contribution >= 4 is 5.84 Å². The predicted octanol–water partition coefficient (Wildman–Crippen LogP) is 2.71. The lowest BCUT2D eigenvalue weighted by Gasteiger charge is -2.31. The second kappa shape index (κ2) is 5.85. The van der Waals surface area contributed by atoms with E-state index >= 15 is 0 Å². The van der Waals surface area contributed by atoms with E-state index in [1.54, 1.807) is 18.5 Å². The van der Waals surface area contributed by atoms with Gasteiger partial charge < -0.3 is 10.5 Å². The number of hydrogen-bond acceptors (Lipinski definition) is 3.